The molecule has 0 saturated carbocycles. The fourth-order valence-corrected chi connectivity index (χ4v) is 1.50. The van der Waals surface area contributed by atoms with E-state index in [0.717, 1.165) is 11.3 Å². The number of pyridine rings is 1. The van der Waals surface area contributed by atoms with Crippen LogP contribution < -0.4 is 10.6 Å². The minimum Gasteiger partial charge on any atom is -0.334 e. The summed E-state index contributed by atoms with van der Waals surface area (Å²) in [7, 11) is 0. The molecule has 1 aromatic heterocycles. The lowest BCUT2D eigenvalue weighted by atomic mass is 10.1. The Morgan fingerprint density at radius 1 is 1.11 bits per heavy atom. The smallest absolute Gasteiger partial charge is 0.319 e. The van der Waals surface area contributed by atoms with Crippen molar-refractivity contribution in [1.29, 1.82) is 0 Å². The molecule has 4 nitrogen and oxygen atoms in total. The normalized spacial score (nSPS) is 9.83. The van der Waals surface area contributed by atoms with Crippen LogP contribution in [0.1, 0.15) is 11.1 Å². The first kappa shape index (κ1) is 12.1. The number of aryl methyl sites for hydroxylation is 1. The summed E-state index contributed by atoms with van der Waals surface area (Å²) in [5, 5.41) is 5.53. The van der Waals surface area contributed by atoms with Crippen LogP contribution in [0.2, 0.25) is 0 Å². The number of hydrogen-bond acceptors (Lipinski definition) is 2. The number of anilines is 1. The Morgan fingerprint density at radius 2 is 1.78 bits per heavy atom. The van der Waals surface area contributed by atoms with Gasteiger partial charge in [0.2, 0.25) is 0 Å². The van der Waals surface area contributed by atoms with Crippen molar-refractivity contribution < 1.29 is 4.79 Å². The molecule has 2 aromatic rings. The van der Waals surface area contributed by atoms with Gasteiger partial charge in [-0.2, -0.15) is 0 Å². The summed E-state index contributed by atoms with van der Waals surface area (Å²) in [6.45, 7) is 2.55. The minimum absolute atomic E-state index is 0.221. The highest BCUT2D eigenvalue weighted by molar-refractivity contribution is 5.88. The van der Waals surface area contributed by atoms with Gasteiger partial charge in [0.1, 0.15) is 0 Å². The number of rotatable bonds is 3. The number of nitrogens with one attached hydrogen (secondary N) is 2. The molecule has 2 N–H and O–H groups in total. The summed E-state index contributed by atoms with van der Waals surface area (Å²) < 4.78 is 0. The summed E-state index contributed by atoms with van der Waals surface area (Å²) in [5.41, 5.74) is 3.01. The van der Waals surface area contributed by atoms with Gasteiger partial charge >= 0.3 is 6.03 Å². The number of nitrogens with zero attached hydrogens (tertiary/aromatic N) is 1. The van der Waals surface area contributed by atoms with Crippen molar-refractivity contribution in [2.24, 2.45) is 0 Å². The molecule has 0 radical (unpaired) electrons. The summed E-state index contributed by atoms with van der Waals surface area (Å²) >= 11 is 0. The third-order valence-electron chi connectivity index (χ3n) is 2.51. The van der Waals surface area contributed by atoms with Crippen molar-refractivity contribution in [2.75, 3.05) is 5.32 Å². The number of hydrogen-bond donors (Lipinski definition) is 2. The van der Waals surface area contributed by atoms with Crippen molar-refractivity contribution in [3.05, 3.63) is 59.9 Å². The van der Waals surface area contributed by atoms with Gasteiger partial charge in [-0.3, -0.25) is 4.98 Å². The predicted molar refractivity (Wildman–Crippen MR) is 71.3 cm³/mol. The van der Waals surface area contributed by atoms with E-state index < -0.39 is 0 Å². The van der Waals surface area contributed by atoms with Gasteiger partial charge in [-0.15, -0.1) is 0 Å². The molecule has 0 aliphatic heterocycles. The van der Waals surface area contributed by atoms with Gasteiger partial charge in [0.15, 0.2) is 0 Å². The van der Waals surface area contributed by atoms with E-state index in [0.29, 0.717) is 6.54 Å². The minimum atomic E-state index is -0.221. The largest absolute Gasteiger partial charge is 0.334 e. The first-order valence-electron chi connectivity index (χ1n) is 5.74. The number of urea groups is 1. The van der Waals surface area contributed by atoms with Gasteiger partial charge in [0.25, 0.3) is 0 Å². The molecule has 1 heterocycles. The van der Waals surface area contributed by atoms with Gasteiger partial charge in [0.05, 0.1) is 0 Å². The van der Waals surface area contributed by atoms with Crippen molar-refractivity contribution in [3.63, 3.8) is 0 Å². The first-order chi connectivity index (χ1) is 8.74. The maximum absolute atomic E-state index is 11.6. The lowest BCUT2D eigenvalue weighted by molar-refractivity contribution is 0.251. The lowest BCUT2D eigenvalue weighted by Crippen LogP contribution is -2.28. The van der Waals surface area contributed by atoms with Gasteiger partial charge in [-0.25, -0.2) is 4.79 Å². The molecule has 0 aliphatic carbocycles. The molecule has 1 aromatic carbocycles. The van der Waals surface area contributed by atoms with Crippen LogP contribution in [0.25, 0.3) is 0 Å². The number of carbonyl (C=O) groups excluding carboxylic acids is 1. The predicted octanol–water partition coefficient (Wildman–Crippen LogP) is 2.71. The van der Waals surface area contributed by atoms with Crippen LogP contribution in [0, 0.1) is 6.92 Å². The van der Waals surface area contributed by atoms with Gasteiger partial charge in [-0.05, 0) is 24.6 Å². The summed E-state index contributed by atoms with van der Waals surface area (Å²) in [4.78, 5) is 15.5. The second-order valence-electron chi connectivity index (χ2n) is 4.03. The maximum Gasteiger partial charge on any atom is 0.319 e. The SMILES string of the molecule is Cc1ccc(CNC(=O)Nc2ccncc2)cc1. The van der Waals surface area contributed by atoms with Gasteiger partial charge in [0, 0.05) is 24.6 Å². The Morgan fingerprint density at radius 3 is 2.44 bits per heavy atom. The quantitative estimate of drug-likeness (QED) is 0.868. The van der Waals surface area contributed by atoms with Crippen molar-refractivity contribution >= 4 is 11.7 Å². The monoisotopic (exact) mass is 241 g/mol. The van der Waals surface area contributed by atoms with Crippen molar-refractivity contribution in [2.45, 2.75) is 13.5 Å². The van der Waals surface area contributed by atoms with E-state index in [1.807, 2.05) is 31.2 Å². The number of amides is 2. The lowest BCUT2D eigenvalue weighted by Gasteiger charge is -2.07. The molecule has 0 saturated heterocycles. The Kier molecular flexibility index (Phi) is 3.91. The van der Waals surface area contributed by atoms with E-state index in [9.17, 15) is 4.79 Å². The molecule has 0 bridgehead atoms. The Labute approximate surface area is 106 Å². The zero-order valence-electron chi connectivity index (χ0n) is 10.2. The highest BCUT2D eigenvalue weighted by Crippen LogP contribution is 2.04. The zero-order valence-corrected chi connectivity index (χ0v) is 10.2. The second-order valence-corrected chi connectivity index (χ2v) is 4.03. The average Bonchev–Trinajstić information content (AvgIpc) is 2.39. The summed E-state index contributed by atoms with van der Waals surface area (Å²) in [6, 6.07) is 11.3. The molecule has 2 amide bonds. The molecule has 4 heteroatoms. The van der Waals surface area contributed by atoms with Crippen LogP contribution >= 0.6 is 0 Å². The molecule has 0 fully saturated rings. The van der Waals surface area contributed by atoms with Crippen LogP contribution in [-0.2, 0) is 6.54 Å². The molecule has 92 valence electrons. The number of aromatic nitrogens is 1. The van der Waals surface area contributed by atoms with Crippen LogP contribution in [-0.4, -0.2) is 11.0 Å². The number of benzene rings is 1. The fraction of sp³-hybridized carbons (Fsp3) is 0.143. The third kappa shape index (κ3) is 3.59. The standard InChI is InChI=1S/C14H15N3O/c1-11-2-4-12(5-3-11)10-16-14(18)17-13-6-8-15-9-7-13/h2-9H,10H2,1H3,(H2,15,16,17,18). The van der Waals surface area contributed by atoms with E-state index in [2.05, 4.69) is 15.6 Å². The molecule has 2 rings (SSSR count). The Hall–Kier alpha value is -2.36. The van der Waals surface area contributed by atoms with Crippen molar-refractivity contribution in [1.82, 2.24) is 10.3 Å². The molecular weight excluding hydrogens is 226 g/mol. The Bertz CT molecular complexity index is 508. The molecule has 0 spiro atoms. The first-order valence-corrected chi connectivity index (χ1v) is 5.74. The van der Waals surface area contributed by atoms with Crippen molar-refractivity contribution in [3.8, 4) is 0 Å². The van der Waals surface area contributed by atoms with Gasteiger partial charge in [-0.1, -0.05) is 29.8 Å². The summed E-state index contributed by atoms with van der Waals surface area (Å²) in [6.07, 6.45) is 3.27. The van der Waals surface area contributed by atoms with E-state index in [1.54, 1.807) is 24.5 Å². The number of carbonyl (C=O) groups is 1. The highest BCUT2D eigenvalue weighted by Gasteiger charge is 2.00. The molecular formula is C14H15N3O. The van der Waals surface area contributed by atoms with E-state index in [4.69, 9.17) is 0 Å². The van der Waals surface area contributed by atoms with E-state index in [-0.39, 0.29) is 6.03 Å². The van der Waals surface area contributed by atoms with E-state index >= 15 is 0 Å². The second kappa shape index (κ2) is 5.82. The van der Waals surface area contributed by atoms with Crippen LogP contribution in [0.3, 0.4) is 0 Å². The molecule has 0 atom stereocenters. The molecule has 0 unspecified atom stereocenters. The zero-order chi connectivity index (χ0) is 12.8. The van der Waals surface area contributed by atoms with Crippen LogP contribution in [0.4, 0.5) is 10.5 Å². The third-order valence-corrected chi connectivity index (χ3v) is 2.51. The topological polar surface area (TPSA) is 54.0 Å². The van der Waals surface area contributed by atoms with Gasteiger partial charge < -0.3 is 10.6 Å². The summed E-state index contributed by atoms with van der Waals surface area (Å²) in [5.74, 6) is 0. The Balaban J connectivity index is 1.83. The molecule has 0 aliphatic rings. The maximum atomic E-state index is 11.6. The molecule has 18 heavy (non-hydrogen) atoms. The highest BCUT2D eigenvalue weighted by atomic mass is 16.2. The van der Waals surface area contributed by atoms with Crippen LogP contribution in [0.15, 0.2) is 48.8 Å². The average molecular weight is 241 g/mol. The van der Waals surface area contributed by atoms with E-state index in [1.165, 1.54) is 5.56 Å². The van der Waals surface area contributed by atoms with Crippen LogP contribution in [0.5, 0.6) is 0 Å². The fourth-order valence-electron chi connectivity index (χ4n) is 1.50.